The second kappa shape index (κ2) is 7.65. The second-order valence-corrected chi connectivity index (χ2v) is 7.55. The van der Waals surface area contributed by atoms with Gasteiger partial charge in [0, 0.05) is 24.8 Å². The van der Waals surface area contributed by atoms with Crippen LogP contribution in [0.1, 0.15) is 26.5 Å². The van der Waals surface area contributed by atoms with Crippen LogP contribution in [-0.4, -0.2) is 17.8 Å². The van der Waals surface area contributed by atoms with Gasteiger partial charge in [0.25, 0.3) is 0 Å². The van der Waals surface area contributed by atoms with Crippen LogP contribution >= 0.6 is 23.1 Å². The van der Waals surface area contributed by atoms with E-state index in [1.807, 2.05) is 49.9 Å². The number of benzene rings is 1. The summed E-state index contributed by atoms with van der Waals surface area (Å²) < 4.78 is 3.42. The summed E-state index contributed by atoms with van der Waals surface area (Å²) in [5.74, 6) is 1.02. The standard InChI is InChI=1S/C16H21N3OS2/c1-5-21-16-19(12(4)10-22-16)14-9-7-6-8-13(14)18-15(20)17-11(2)3/h6-11H,5H2,1-4H3,(H-,17,18,20)/p+1. The highest BCUT2D eigenvalue weighted by molar-refractivity contribution is 8.00. The summed E-state index contributed by atoms with van der Waals surface area (Å²) in [4.78, 5) is 12.0. The number of carbonyl (C=O) groups is 1. The molecule has 0 bridgehead atoms. The van der Waals surface area contributed by atoms with Crippen molar-refractivity contribution >= 4 is 34.8 Å². The number of aryl methyl sites for hydroxylation is 1. The zero-order valence-corrected chi connectivity index (χ0v) is 15.0. The molecule has 2 N–H and O–H groups in total. The SMILES string of the molecule is CCSc1scc(C)[n+]1-c1ccccc1NC(=O)NC(C)C. The van der Waals surface area contributed by atoms with Gasteiger partial charge in [-0.3, -0.25) is 0 Å². The minimum absolute atomic E-state index is 0.105. The van der Waals surface area contributed by atoms with Crippen molar-refractivity contribution in [1.29, 1.82) is 0 Å². The minimum Gasteiger partial charge on any atom is -0.336 e. The van der Waals surface area contributed by atoms with E-state index in [9.17, 15) is 4.79 Å². The van der Waals surface area contributed by atoms with Crippen LogP contribution in [0.4, 0.5) is 10.5 Å². The van der Waals surface area contributed by atoms with Gasteiger partial charge >= 0.3 is 10.4 Å². The monoisotopic (exact) mass is 336 g/mol. The zero-order chi connectivity index (χ0) is 16.1. The molecule has 1 aromatic carbocycles. The topological polar surface area (TPSA) is 45.0 Å². The molecule has 2 amide bonds. The molecule has 2 aromatic rings. The molecule has 22 heavy (non-hydrogen) atoms. The molecule has 0 radical (unpaired) electrons. The van der Waals surface area contributed by atoms with Crippen molar-refractivity contribution < 1.29 is 9.36 Å². The summed E-state index contributed by atoms with van der Waals surface area (Å²) in [6.45, 7) is 8.12. The van der Waals surface area contributed by atoms with Crippen LogP contribution in [0.2, 0.25) is 0 Å². The summed E-state index contributed by atoms with van der Waals surface area (Å²) in [7, 11) is 0. The Morgan fingerprint density at radius 1 is 1.36 bits per heavy atom. The number of nitrogens with one attached hydrogen (secondary N) is 2. The number of hydrogen-bond acceptors (Lipinski definition) is 3. The smallest absolute Gasteiger partial charge is 0.319 e. The Morgan fingerprint density at radius 3 is 2.77 bits per heavy atom. The molecular weight excluding hydrogens is 314 g/mol. The van der Waals surface area contributed by atoms with Crippen molar-refractivity contribution in [3.8, 4) is 5.69 Å². The lowest BCUT2D eigenvalue weighted by Crippen LogP contribution is -2.38. The predicted octanol–water partition coefficient (Wildman–Crippen LogP) is 3.98. The third kappa shape index (κ3) is 4.01. The fourth-order valence-corrected chi connectivity index (χ4v) is 4.20. The van der Waals surface area contributed by atoms with Gasteiger partial charge in [0.2, 0.25) is 5.69 Å². The van der Waals surface area contributed by atoms with Gasteiger partial charge in [0.05, 0.1) is 5.38 Å². The average molecular weight is 337 g/mol. The lowest BCUT2D eigenvalue weighted by molar-refractivity contribution is -0.634. The maximum atomic E-state index is 12.0. The van der Waals surface area contributed by atoms with Crippen LogP contribution in [-0.2, 0) is 0 Å². The number of nitrogens with zero attached hydrogens (tertiary/aromatic N) is 1. The molecule has 6 heteroatoms. The molecule has 0 aliphatic carbocycles. The van der Waals surface area contributed by atoms with E-state index in [2.05, 4.69) is 34.4 Å². The van der Waals surface area contributed by atoms with Gasteiger partial charge in [-0.2, -0.15) is 0 Å². The first kappa shape index (κ1) is 16.8. The molecule has 2 rings (SSSR count). The van der Waals surface area contributed by atoms with E-state index in [-0.39, 0.29) is 12.1 Å². The molecule has 0 spiro atoms. The highest BCUT2D eigenvalue weighted by Crippen LogP contribution is 2.25. The van der Waals surface area contributed by atoms with Crippen molar-refractivity contribution in [3.05, 3.63) is 35.3 Å². The number of aromatic nitrogens is 1. The number of hydrogen-bond donors (Lipinski definition) is 2. The maximum Gasteiger partial charge on any atom is 0.319 e. The third-order valence-corrected chi connectivity index (χ3v) is 5.15. The van der Waals surface area contributed by atoms with Crippen molar-refractivity contribution in [3.63, 3.8) is 0 Å². The molecule has 0 aliphatic heterocycles. The molecule has 0 saturated carbocycles. The van der Waals surface area contributed by atoms with E-state index in [4.69, 9.17) is 0 Å². The predicted molar refractivity (Wildman–Crippen MR) is 94.3 cm³/mol. The highest BCUT2D eigenvalue weighted by Gasteiger charge is 2.23. The second-order valence-electron chi connectivity index (χ2n) is 5.18. The van der Waals surface area contributed by atoms with E-state index < -0.39 is 0 Å². The Kier molecular flexibility index (Phi) is 5.85. The molecule has 0 atom stereocenters. The van der Waals surface area contributed by atoms with E-state index in [0.717, 1.165) is 17.1 Å². The molecule has 1 aromatic heterocycles. The Bertz CT molecular complexity index is 653. The highest BCUT2D eigenvalue weighted by atomic mass is 32.2. The largest absolute Gasteiger partial charge is 0.336 e. The molecule has 0 aliphatic rings. The van der Waals surface area contributed by atoms with E-state index in [1.165, 1.54) is 10.0 Å². The fraction of sp³-hybridized carbons (Fsp3) is 0.375. The number of thiazole rings is 1. The molecule has 0 unspecified atom stereocenters. The lowest BCUT2D eigenvalue weighted by atomic mass is 10.2. The van der Waals surface area contributed by atoms with Gasteiger partial charge in [-0.05, 0) is 31.7 Å². The Morgan fingerprint density at radius 2 is 2.09 bits per heavy atom. The number of rotatable bonds is 5. The number of amides is 2. The van der Waals surface area contributed by atoms with Crippen LogP contribution in [0, 0.1) is 6.92 Å². The number of para-hydroxylation sites is 2. The first-order valence-corrected chi connectivity index (χ1v) is 9.19. The molecule has 1 heterocycles. The van der Waals surface area contributed by atoms with Crippen LogP contribution in [0.3, 0.4) is 0 Å². The molecule has 118 valence electrons. The summed E-state index contributed by atoms with van der Waals surface area (Å²) in [6, 6.07) is 7.81. The third-order valence-electron chi connectivity index (χ3n) is 2.95. The number of anilines is 1. The number of thioether (sulfide) groups is 1. The van der Waals surface area contributed by atoms with Gasteiger partial charge in [-0.1, -0.05) is 30.4 Å². The summed E-state index contributed by atoms with van der Waals surface area (Å²) in [5, 5.41) is 7.95. The maximum absolute atomic E-state index is 12.0. The minimum atomic E-state index is -0.180. The molecule has 4 nitrogen and oxygen atoms in total. The van der Waals surface area contributed by atoms with Crippen molar-refractivity contribution in [2.45, 2.75) is 38.1 Å². The van der Waals surface area contributed by atoms with E-state index in [0.29, 0.717) is 0 Å². The van der Waals surface area contributed by atoms with Gasteiger partial charge in [0.1, 0.15) is 5.69 Å². The van der Waals surface area contributed by atoms with Crippen LogP contribution < -0.4 is 15.2 Å². The summed E-state index contributed by atoms with van der Waals surface area (Å²) in [5.41, 5.74) is 2.97. The van der Waals surface area contributed by atoms with Gasteiger partial charge in [0.15, 0.2) is 5.69 Å². The zero-order valence-electron chi connectivity index (χ0n) is 13.3. The Hall–Kier alpha value is -1.53. The van der Waals surface area contributed by atoms with Crippen LogP contribution in [0.15, 0.2) is 34.0 Å². The first-order chi connectivity index (χ1) is 10.5. The van der Waals surface area contributed by atoms with E-state index in [1.54, 1.807) is 11.3 Å². The van der Waals surface area contributed by atoms with Crippen molar-refractivity contribution in [2.75, 3.05) is 11.1 Å². The lowest BCUT2D eigenvalue weighted by Gasteiger charge is -2.11. The number of carbonyl (C=O) groups excluding carboxylic acids is 1. The molecular formula is C16H22N3OS2+. The van der Waals surface area contributed by atoms with E-state index >= 15 is 0 Å². The Labute approximate surface area is 139 Å². The van der Waals surface area contributed by atoms with Gasteiger partial charge in [-0.15, -0.1) is 4.57 Å². The molecule has 0 saturated heterocycles. The van der Waals surface area contributed by atoms with Crippen molar-refractivity contribution in [2.24, 2.45) is 0 Å². The molecule has 0 fully saturated rings. The fourth-order valence-electron chi connectivity index (χ4n) is 2.09. The summed E-state index contributed by atoms with van der Waals surface area (Å²) >= 11 is 3.54. The normalized spacial score (nSPS) is 10.8. The van der Waals surface area contributed by atoms with Crippen LogP contribution in [0.5, 0.6) is 0 Å². The quantitative estimate of drug-likeness (QED) is 0.641. The Balaban J connectivity index is 2.36. The average Bonchev–Trinajstić information content (AvgIpc) is 2.80. The van der Waals surface area contributed by atoms with Crippen molar-refractivity contribution in [1.82, 2.24) is 5.32 Å². The number of urea groups is 1. The summed E-state index contributed by atoms with van der Waals surface area (Å²) in [6.07, 6.45) is 0. The first-order valence-electron chi connectivity index (χ1n) is 7.32. The van der Waals surface area contributed by atoms with Gasteiger partial charge < -0.3 is 10.6 Å². The van der Waals surface area contributed by atoms with Crippen LogP contribution in [0.25, 0.3) is 5.69 Å². The van der Waals surface area contributed by atoms with Gasteiger partial charge in [-0.25, -0.2) is 4.79 Å².